The normalized spacial score (nSPS) is 10.6. The van der Waals surface area contributed by atoms with E-state index in [1.165, 1.54) is 23.7 Å². The number of halogens is 1. The van der Waals surface area contributed by atoms with E-state index in [4.69, 9.17) is 17.3 Å². The number of anilines is 3. The van der Waals surface area contributed by atoms with Crippen molar-refractivity contribution in [1.82, 2.24) is 9.97 Å². The van der Waals surface area contributed by atoms with Crippen LogP contribution in [0.3, 0.4) is 0 Å². The van der Waals surface area contributed by atoms with Gasteiger partial charge in [-0.1, -0.05) is 42.4 Å². The van der Waals surface area contributed by atoms with Gasteiger partial charge in [0.05, 0.1) is 0 Å². The second-order valence-electron chi connectivity index (χ2n) is 5.17. The first-order chi connectivity index (χ1) is 11.7. The molecule has 0 atom stereocenters. The maximum absolute atomic E-state index is 6.23. The predicted octanol–water partition coefficient (Wildman–Crippen LogP) is 5.17. The van der Waals surface area contributed by atoms with Crippen LogP contribution < -0.4 is 11.1 Å². The van der Waals surface area contributed by atoms with Crippen molar-refractivity contribution in [3.05, 3.63) is 65.4 Å². The highest BCUT2D eigenvalue weighted by molar-refractivity contribution is 7.99. The Morgan fingerprint density at radius 3 is 2.42 bits per heavy atom. The lowest BCUT2D eigenvalue weighted by molar-refractivity contribution is 1.06. The summed E-state index contributed by atoms with van der Waals surface area (Å²) in [5.74, 6) is 0.603. The lowest BCUT2D eigenvalue weighted by Crippen LogP contribution is -2.02. The van der Waals surface area contributed by atoms with E-state index in [2.05, 4.69) is 34.3 Å². The first-order valence-electron chi connectivity index (χ1n) is 7.55. The lowest BCUT2D eigenvalue weighted by atomic mass is 10.1. The molecule has 24 heavy (non-hydrogen) atoms. The number of hydrogen-bond donors (Lipinski definition) is 2. The molecule has 0 spiro atoms. The Hall–Kier alpha value is -2.24. The van der Waals surface area contributed by atoms with Crippen molar-refractivity contribution >= 4 is 40.6 Å². The number of nitrogens with two attached hydrogens (primary N) is 1. The third kappa shape index (κ3) is 3.99. The highest BCUT2D eigenvalue weighted by Gasteiger charge is 2.10. The summed E-state index contributed by atoms with van der Waals surface area (Å²) < 4.78 is 0. The topological polar surface area (TPSA) is 63.8 Å². The molecule has 0 bridgehead atoms. The molecule has 3 aromatic rings. The van der Waals surface area contributed by atoms with Gasteiger partial charge in [-0.05, 0) is 48.4 Å². The monoisotopic (exact) mass is 356 g/mol. The van der Waals surface area contributed by atoms with Crippen molar-refractivity contribution in [3.8, 4) is 0 Å². The van der Waals surface area contributed by atoms with Crippen LogP contribution in [0.4, 0.5) is 17.2 Å². The Morgan fingerprint density at radius 1 is 1.04 bits per heavy atom. The van der Waals surface area contributed by atoms with Gasteiger partial charge in [-0.25, -0.2) is 9.97 Å². The van der Waals surface area contributed by atoms with Crippen molar-refractivity contribution in [3.63, 3.8) is 0 Å². The zero-order chi connectivity index (χ0) is 16.9. The first-order valence-corrected chi connectivity index (χ1v) is 8.75. The van der Waals surface area contributed by atoms with Gasteiger partial charge in [-0.2, -0.15) is 0 Å². The van der Waals surface area contributed by atoms with Gasteiger partial charge < -0.3 is 11.1 Å². The van der Waals surface area contributed by atoms with E-state index in [0.29, 0.717) is 21.6 Å². The lowest BCUT2D eigenvalue weighted by Gasteiger charge is -2.11. The second-order valence-corrected chi connectivity index (χ2v) is 6.67. The summed E-state index contributed by atoms with van der Waals surface area (Å²) in [5, 5.41) is 4.66. The number of nitrogens with one attached hydrogen (secondary N) is 1. The summed E-state index contributed by atoms with van der Waals surface area (Å²) >= 11 is 7.39. The molecule has 0 amide bonds. The van der Waals surface area contributed by atoms with E-state index in [9.17, 15) is 0 Å². The summed E-state index contributed by atoms with van der Waals surface area (Å²) in [7, 11) is 0. The molecule has 0 aliphatic heterocycles. The minimum Gasteiger partial charge on any atom is -0.394 e. The molecular formula is C18H17ClN4S. The van der Waals surface area contributed by atoms with Crippen LogP contribution in [-0.4, -0.2) is 9.97 Å². The van der Waals surface area contributed by atoms with Crippen molar-refractivity contribution in [2.75, 3.05) is 11.1 Å². The molecule has 3 rings (SSSR count). The summed E-state index contributed by atoms with van der Waals surface area (Å²) in [6.45, 7) is 2.13. The fourth-order valence-corrected chi connectivity index (χ4v) is 3.06. The number of hydrogen-bond acceptors (Lipinski definition) is 5. The van der Waals surface area contributed by atoms with Gasteiger partial charge in [-0.15, -0.1) is 0 Å². The second kappa shape index (κ2) is 7.55. The van der Waals surface area contributed by atoms with Gasteiger partial charge in [0.1, 0.15) is 17.0 Å². The highest BCUT2D eigenvalue weighted by Crippen LogP contribution is 2.34. The maximum atomic E-state index is 6.23. The van der Waals surface area contributed by atoms with Gasteiger partial charge in [0.25, 0.3) is 0 Å². The fraction of sp³-hybridized carbons (Fsp3) is 0.111. The minimum atomic E-state index is 0.525. The zero-order valence-corrected chi connectivity index (χ0v) is 14.7. The third-order valence-electron chi connectivity index (χ3n) is 3.50. The molecule has 2 aromatic carbocycles. The van der Waals surface area contributed by atoms with Crippen LogP contribution in [0.1, 0.15) is 12.5 Å². The molecule has 1 heterocycles. The van der Waals surface area contributed by atoms with E-state index < -0.39 is 0 Å². The van der Waals surface area contributed by atoms with Gasteiger partial charge in [0.15, 0.2) is 5.82 Å². The quantitative estimate of drug-likeness (QED) is 0.617. The number of aromatic nitrogens is 2. The Morgan fingerprint density at radius 2 is 1.75 bits per heavy atom. The van der Waals surface area contributed by atoms with Crippen LogP contribution in [0, 0.1) is 0 Å². The molecule has 6 heteroatoms. The van der Waals surface area contributed by atoms with Crippen LogP contribution >= 0.6 is 23.4 Å². The van der Waals surface area contributed by atoms with Crippen LogP contribution in [0.2, 0.25) is 5.02 Å². The van der Waals surface area contributed by atoms with E-state index >= 15 is 0 Å². The minimum absolute atomic E-state index is 0.525. The summed E-state index contributed by atoms with van der Waals surface area (Å²) in [6, 6.07) is 15.8. The summed E-state index contributed by atoms with van der Waals surface area (Å²) in [4.78, 5) is 9.55. The van der Waals surface area contributed by atoms with Gasteiger partial charge in [0, 0.05) is 15.6 Å². The average Bonchev–Trinajstić information content (AvgIpc) is 2.61. The standard InChI is InChI=1S/C18H17ClN4S/c1-2-12-3-7-14(8-4-12)23-17-16(20)18(22-11-21-17)24-15-9-5-13(19)6-10-15/h3-11H,2,20H2,1H3,(H,21,22,23). The molecule has 0 fully saturated rings. The van der Waals surface area contributed by atoms with Gasteiger partial charge in [-0.3, -0.25) is 0 Å². The predicted molar refractivity (Wildman–Crippen MR) is 101 cm³/mol. The molecule has 1 aromatic heterocycles. The van der Waals surface area contributed by atoms with Gasteiger partial charge in [0.2, 0.25) is 0 Å². The van der Waals surface area contributed by atoms with Gasteiger partial charge >= 0.3 is 0 Å². The Kier molecular flexibility index (Phi) is 5.23. The van der Waals surface area contributed by atoms with Crippen molar-refractivity contribution < 1.29 is 0 Å². The number of nitrogen functional groups attached to an aromatic ring is 1. The molecule has 0 saturated carbocycles. The molecule has 0 saturated heterocycles. The van der Waals surface area contributed by atoms with E-state index in [0.717, 1.165) is 17.0 Å². The number of nitrogens with zero attached hydrogens (tertiary/aromatic N) is 2. The SMILES string of the molecule is CCc1ccc(Nc2ncnc(Sc3ccc(Cl)cc3)c2N)cc1. The Balaban J connectivity index is 1.80. The molecule has 0 aliphatic carbocycles. The Labute approximate surface area is 150 Å². The molecule has 0 radical (unpaired) electrons. The summed E-state index contributed by atoms with van der Waals surface area (Å²) in [5.41, 5.74) is 8.99. The average molecular weight is 357 g/mol. The number of benzene rings is 2. The number of aryl methyl sites for hydroxylation is 1. The van der Waals surface area contributed by atoms with Crippen LogP contribution in [-0.2, 0) is 6.42 Å². The Bertz CT molecular complexity index is 819. The van der Waals surface area contributed by atoms with Crippen LogP contribution in [0.25, 0.3) is 0 Å². The molecule has 4 nitrogen and oxygen atoms in total. The smallest absolute Gasteiger partial charge is 0.158 e. The zero-order valence-electron chi connectivity index (χ0n) is 13.2. The van der Waals surface area contributed by atoms with E-state index in [1.54, 1.807) is 0 Å². The molecule has 0 unspecified atom stereocenters. The van der Waals surface area contributed by atoms with E-state index in [-0.39, 0.29) is 0 Å². The molecule has 0 aliphatic rings. The largest absolute Gasteiger partial charge is 0.394 e. The van der Waals surface area contributed by atoms with Crippen molar-refractivity contribution in [2.24, 2.45) is 0 Å². The first kappa shape index (κ1) is 16.6. The molecular weight excluding hydrogens is 340 g/mol. The van der Waals surface area contributed by atoms with Crippen LogP contribution in [0.5, 0.6) is 0 Å². The summed E-state index contributed by atoms with van der Waals surface area (Å²) in [6.07, 6.45) is 2.52. The third-order valence-corrected chi connectivity index (χ3v) is 4.78. The van der Waals surface area contributed by atoms with Crippen molar-refractivity contribution in [2.45, 2.75) is 23.3 Å². The number of rotatable bonds is 5. The van der Waals surface area contributed by atoms with Crippen LogP contribution in [0.15, 0.2) is 64.8 Å². The maximum Gasteiger partial charge on any atom is 0.158 e. The fourth-order valence-electron chi connectivity index (χ4n) is 2.14. The van der Waals surface area contributed by atoms with Crippen molar-refractivity contribution in [1.29, 1.82) is 0 Å². The highest BCUT2D eigenvalue weighted by atomic mass is 35.5. The van der Waals surface area contributed by atoms with E-state index in [1.807, 2.05) is 36.4 Å². The molecule has 3 N–H and O–H groups in total. The molecule has 122 valence electrons.